The average Bonchev–Trinajstić information content (AvgIpc) is 2.47. The van der Waals surface area contributed by atoms with Crippen LogP contribution in [0.25, 0.3) is 0 Å². The maximum atomic E-state index is 9.61. The lowest BCUT2D eigenvalue weighted by Gasteiger charge is -2.13. The van der Waals surface area contributed by atoms with Crippen molar-refractivity contribution in [3.05, 3.63) is 20.8 Å². The third-order valence-corrected chi connectivity index (χ3v) is 4.11. The van der Waals surface area contributed by atoms with Gasteiger partial charge in [-0.2, -0.15) is 0 Å². The number of hydrogen-bond acceptors (Lipinski definition) is 2. The lowest BCUT2D eigenvalue weighted by Crippen LogP contribution is -2.15. The molecule has 13 heavy (non-hydrogen) atoms. The molecule has 0 aliphatic carbocycles. The Morgan fingerprint density at radius 1 is 1.54 bits per heavy atom. The Balaban J connectivity index is 2.39. The summed E-state index contributed by atoms with van der Waals surface area (Å²) in [7, 11) is 0. The van der Waals surface area contributed by atoms with Crippen LogP contribution in [0.2, 0.25) is 0 Å². The zero-order valence-electron chi connectivity index (χ0n) is 7.96. The summed E-state index contributed by atoms with van der Waals surface area (Å²) in [5.74, 6) is 0.360. The van der Waals surface area contributed by atoms with Gasteiger partial charge in [0.15, 0.2) is 0 Å². The van der Waals surface area contributed by atoms with Crippen LogP contribution in [0.3, 0.4) is 0 Å². The normalized spacial score (nSPS) is 13.6. The van der Waals surface area contributed by atoms with Crippen molar-refractivity contribution in [2.24, 2.45) is 5.92 Å². The highest BCUT2D eigenvalue weighted by molar-refractivity contribution is 9.10. The second-order valence-electron chi connectivity index (χ2n) is 3.54. The molecule has 0 radical (unpaired) electrons. The number of rotatable bonds is 4. The van der Waals surface area contributed by atoms with Crippen molar-refractivity contribution in [1.29, 1.82) is 0 Å². The molecule has 0 amide bonds. The van der Waals surface area contributed by atoms with Gasteiger partial charge in [-0.25, -0.2) is 0 Å². The van der Waals surface area contributed by atoms with Crippen molar-refractivity contribution in [3.63, 3.8) is 0 Å². The molecule has 1 rings (SSSR count). The van der Waals surface area contributed by atoms with Gasteiger partial charge in [-0.05, 0) is 46.1 Å². The smallest absolute Gasteiger partial charge is 0.0566 e. The Kier molecular flexibility index (Phi) is 4.42. The van der Waals surface area contributed by atoms with Crippen LogP contribution < -0.4 is 0 Å². The molecule has 0 saturated heterocycles. The fraction of sp³-hybridized carbons (Fsp3) is 0.600. The van der Waals surface area contributed by atoms with Crippen LogP contribution in [0, 0.1) is 5.92 Å². The van der Waals surface area contributed by atoms with E-state index in [2.05, 4.69) is 27.4 Å². The highest BCUT2D eigenvalue weighted by Crippen LogP contribution is 2.24. The summed E-state index contributed by atoms with van der Waals surface area (Å²) in [4.78, 5) is 1.33. The number of hydrogen-bond donors (Lipinski definition) is 1. The van der Waals surface area contributed by atoms with E-state index in [0.29, 0.717) is 5.92 Å². The lowest BCUT2D eigenvalue weighted by atomic mass is 10.0. The maximum Gasteiger partial charge on any atom is 0.0566 e. The third kappa shape index (κ3) is 3.41. The fourth-order valence-electron chi connectivity index (χ4n) is 1.12. The van der Waals surface area contributed by atoms with Gasteiger partial charge in [0.1, 0.15) is 0 Å². The zero-order valence-corrected chi connectivity index (χ0v) is 10.4. The molecule has 3 heteroatoms. The second kappa shape index (κ2) is 5.13. The molecule has 0 saturated carbocycles. The molecule has 1 unspecified atom stereocenters. The minimum Gasteiger partial charge on any atom is -0.393 e. The first-order valence-electron chi connectivity index (χ1n) is 4.51. The van der Waals surface area contributed by atoms with Gasteiger partial charge in [0.25, 0.3) is 0 Å². The average molecular weight is 263 g/mol. The van der Waals surface area contributed by atoms with Gasteiger partial charge in [-0.3, -0.25) is 0 Å². The molecule has 74 valence electrons. The molecule has 1 atom stereocenters. The van der Waals surface area contributed by atoms with Crippen molar-refractivity contribution in [2.75, 3.05) is 0 Å². The van der Waals surface area contributed by atoms with Crippen LogP contribution >= 0.6 is 27.3 Å². The van der Waals surface area contributed by atoms with Crippen LogP contribution in [0.4, 0.5) is 0 Å². The van der Waals surface area contributed by atoms with Crippen molar-refractivity contribution in [3.8, 4) is 0 Å². The van der Waals surface area contributed by atoms with E-state index in [0.717, 1.165) is 12.8 Å². The first-order valence-corrected chi connectivity index (χ1v) is 6.18. The minimum atomic E-state index is -0.172. The van der Waals surface area contributed by atoms with E-state index in [-0.39, 0.29) is 6.10 Å². The van der Waals surface area contributed by atoms with E-state index in [1.165, 1.54) is 9.35 Å². The van der Waals surface area contributed by atoms with E-state index in [1.807, 2.05) is 13.8 Å². The molecule has 1 aromatic heterocycles. The van der Waals surface area contributed by atoms with E-state index in [1.54, 1.807) is 11.3 Å². The molecule has 0 aromatic carbocycles. The third-order valence-electron chi connectivity index (χ3n) is 2.13. The summed E-state index contributed by atoms with van der Waals surface area (Å²) in [6.45, 7) is 4.10. The van der Waals surface area contributed by atoms with Crippen LogP contribution in [0.1, 0.15) is 25.1 Å². The number of aryl methyl sites for hydroxylation is 1. The van der Waals surface area contributed by atoms with Crippen LogP contribution in [-0.4, -0.2) is 11.2 Å². The van der Waals surface area contributed by atoms with Crippen molar-refractivity contribution >= 4 is 27.3 Å². The quantitative estimate of drug-likeness (QED) is 0.882. The topological polar surface area (TPSA) is 20.2 Å². The first-order chi connectivity index (χ1) is 6.11. The molecule has 0 bridgehead atoms. The highest BCUT2D eigenvalue weighted by atomic mass is 79.9. The fourth-order valence-corrected chi connectivity index (χ4v) is 2.69. The van der Waals surface area contributed by atoms with Gasteiger partial charge in [0, 0.05) is 9.35 Å². The van der Waals surface area contributed by atoms with E-state index in [9.17, 15) is 5.11 Å². The maximum absolute atomic E-state index is 9.61. The van der Waals surface area contributed by atoms with Crippen molar-refractivity contribution < 1.29 is 5.11 Å². The van der Waals surface area contributed by atoms with Crippen LogP contribution in [0.5, 0.6) is 0 Å². The minimum absolute atomic E-state index is 0.172. The molecule has 0 spiro atoms. The summed E-state index contributed by atoms with van der Waals surface area (Å²) in [5.41, 5.74) is 0. The van der Waals surface area contributed by atoms with Gasteiger partial charge in [-0.15, -0.1) is 11.3 Å². The molecule has 0 fully saturated rings. The molecule has 0 aliphatic rings. The van der Waals surface area contributed by atoms with Crippen molar-refractivity contribution in [1.82, 2.24) is 0 Å². The molecular formula is C10H15BrOS. The predicted octanol–water partition coefficient (Wildman–Crippen LogP) is 3.46. The number of thiophene rings is 1. The Labute approximate surface area is 91.9 Å². The molecular weight excluding hydrogens is 248 g/mol. The van der Waals surface area contributed by atoms with Gasteiger partial charge in [0.05, 0.1) is 6.10 Å². The Morgan fingerprint density at radius 2 is 2.23 bits per heavy atom. The van der Waals surface area contributed by atoms with Crippen LogP contribution in [-0.2, 0) is 6.42 Å². The highest BCUT2D eigenvalue weighted by Gasteiger charge is 2.10. The monoisotopic (exact) mass is 262 g/mol. The van der Waals surface area contributed by atoms with Gasteiger partial charge < -0.3 is 5.11 Å². The van der Waals surface area contributed by atoms with Crippen molar-refractivity contribution in [2.45, 2.75) is 32.8 Å². The number of aliphatic hydroxyl groups excluding tert-OH is 1. The molecule has 1 aromatic rings. The zero-order chi connectivity index (χ0) is 9.84. The summed E-state index contributed by atoms with van der Waals surface area (Å²) in [6.07, 6.45) is 1.66. The van der Waals surface area contributed by atoms with Gasteiger partial charge in [0.2, 0.25) is 0 Å². The predicted molar refractivity (Wildman–Crippen MR) is 61.2 cm³/mol. The molecule has 1 N–H and O–H groups in total. The Bertz CT molecular complexity index is 257. The SMILES string of the molecule is CC(C)C(O)CCc1sccc1Br. The summed E-state index contributed by atoms with van der Waals surface area (Å²) in [5, 5.41) is 11.7. The molecule has 0 aliphatic heterocycles. The second-order valence-corrected chi connectivity index (χ2v) is 5.40. The Morgan fingerprint density at radius 3 is 2.69 bits per heavy atom. The summed E-state index contributed by atoms with van der Waals surface area (Å²) in [6, 6.07) is 2.06. The van der Waals surface area contributed by atoms with Gasteiger partial charge >= 0.3 is 0 Å². The Hall–Kier alpha value is 0.140. The number of halogens is 1. The standard InChI is InChI=1S/C10H15BrOS/c1-7(2)9(12)3-4-10-8(11)5-6-13-10/h5-7,9,12H,3-4H2,1-2H3. The number of aliphatic hydroxyl groups is 1. The first kappa shape index (κ1) is 11.2. The lowest BCUT2D eigenvalue weighted by molar-refractivity contribution is 0.117. The molecule has 1 heterocycles. The van der Waals surface area contributed by atoms with Gasteiger partial charge in [-0.1, -0.05) is 13.8 Å². The largest absolute Gasteiger partial charge is 0.393 e. The van der Waals surface area contributed by atoms with E-state index in [4.69, 9.17) is 0 Å². The summed E-state index contributed by atoms with van der Waals surface area (Å²) < 4.78 is 1.17. The molecule has 1 nitrogen and oxygen atoms in total. The van der Waals surface area contributed by atoms with E-state index >= 15 is 0 Å². The summed E-state index contributed by atoms with van der Waals surface area (Å²) >= 11 is 5.23. The van der Waals surface area contributed by atoms with Crippen LogP contribution in [0.15, 0.2) is 15.9 Å². The van der Waals surface area contributed by atoms with E-state index < -0.39 is 0 Å².